The van der Waals surface area contributed by atoms with Gasteiger partial charge in [-0.05, 0) is 19.9 Å². The summed E-state index contributed by atoms with van der Waals surface area (Å²) in [4.78, 5) is 8.77. The third kappa shape index (κ3) is 2.75. The van der Waals surface area contributed by atoms with Crippen molar-refractivity contribution in [2.24, 2.45) is 10.7 Å². The van der Waals surface area contributed by atoms with Crippen LogP contribution in [-0.2, 0) is 15.0 Å². The summed E-state index contributed by atoms with van der Waals surface area (Å²) in [5.41, 5.74) is 7.71. The number of nitrogens with zero attached hydrogens (tertiary/aromatic N) is 4. The van der Waals surface area contributed by atoms with Gasteiger partial charge in [-0.25, -0.2) is 9.67 Å². The van der Waals surface area contributed by atoms with Gasteiger partial charge in [0.05, 0.1) is 36.8 Å². The number of pyridine rings is 1. The van der Waals surface area contributed by atoms with Crippen LogP contribution < -0.4 is 5.73 Å². The molecule has 2 aliphatic heterocycles. The van der Waals surface area contributed by atoms with E-state index in [0.29, 0.717) is 19.6 Å². The number of hydrogen-bond acceptors (Lipinski definition) is 6. The number of rotatable bonds is 2. The van der Waals surface area contributed by atoms with E-state index in [-0.39, 0.29) is 11.6 Å². The van der Waals surface area contributed by atoms with Crippen LogP contribution in [0.15, 0.2) is 35.8 Å². The molecule has 2 aromatic heterocycles. The molecule has 2 aliphatic rings. The first-order chi connectivity index (χ1) is 12.0. The van der Waals surface area contributed by atoms with Gasteiger partial charge in [0.25, 0.3) is 6.02 Å². The lowest BCUT2D eigenvalue weighted by Gasteiger charge is -2.47. The number of amidine groups is 1. The fourth-order valence-corrected chi connectivity index (χ4v) is 3.36. The van der Waals surface area contributed by atoms with Crippen LogP contribution in [0.25, 0.3) is 5.69 Å². The van der Waals surface area contributed by atoms with Gasteiger partial charge in [-0.3, -0.25) is 4.98 Å². The number of ether oxygens (including phenoxy) is 2. The lowest BCUT2D eigenvalue weighted by atomic mass is 9.80. The summed E-state index contributed by atoms with van der Waals surface area (Å²) in [6.45, 7) is 4.91. The summed E-state index contributed by atoms with van der Waals surface area (Å²) in [6, 6.07) is 2.15. The lowest BCUT2D eigenvalue weighted by molar-refractivity contribution is -0.186. The quantitative estimate of drug-likeness (QED) is 0.836. The van der Waals surface area contributed by atoms with Crippen LogP contribution in [0.1, 0.15) is 31.4 Å². The van der Waals surface area contributed by atoms with E-state index >= 15 is 0 Å². The lowest BCUT2D eigenvalue weighted by Crippen LogP contribution is -2.59. The predicted molar refractivity (Wildman–Crippen MR) is 92.1 cm³/mol. The highest BCUT2D eigenvalue weighted by Crippen LogP contribution is 2.42. The number of aliphatic imine (C=N–C) groups is 1. The molecular formula is C18H19N5O2. The number of nitrogens with two attached hydrogens (primary N) is 1. The van der Waals surface area contributed by atoms with Gasteiger partial charge in [-0.2, -0.15) is 5.10 Å². The van der Waals surface area contributed by atoms with E-state index in [1.165, 1.54) is 0 Å². The Bertz CT molecular complexity index is 903. The Morgan fingerprint density at radius 2 is 2.12 bits per heavy atom. The smallest absolute Gasteiger partial charge is 0.283 e. The van der Waals surface area contributed by atoms with Gasteiger partial charge in [-0.1, -0.05) is 5.92 Å². The molecule has 4 rings (SSSR count). The van der Waals surface area contributed by atoms with E-state index in [4.69, 9.17) is 15.2 Å². The molecule has 25 heavy (non-hydrogen) atoms. The van der Waals surface area contributed by atoms with Gasteiger partial charge in [0.15, 0.2) is 5.60 Å². The van der Waals surface area contributed by atoms with Crippen LogP contribution in [0.5, 0.6) is 0 Å². The third-order valence-electron chi connectivity index (χ3n) is 4.54. The second-order valence-electron chi connectivity index (χ2n) is 6.66. The van der Waals surface area contributed by atoms with Gasteiger partial charge < -0.3 is 15.2 Å². The Morgan fingerprint density at radius 3 is 2.84 bits per heavy atom. The van der Waals surface area contributed by atoms with Crippen molar-refractivity contribution in [2.75, 3.05) is 13.2 Å². The Kier molecular flexibility index (Phi) is 3.51. The Hall–Kier alpha value is -2.85. The molecule has 0 aromatic carbocycles. The zero-order valence-corrected chi connectivity index (χ0v) is 14.2. The van der Waals surface area contributed by atoms with Gasteiger partial charge in [-0.15, -0.1) is 5.92 Å². The van der Waals surface area contributed by atoms with Crippen molar-refractivity contribution in [1.29, 1.82) is 0 Å². The second-order valence-corrected chi connectivity index (χ2v) is 6.66. The maximum absolute atomic E-state index is 5.92. The zero-order chi connectivity index (χ0) is 17.5. The summed E-state index contributed by atoms with van der Waals surface area (Å²) >= 11 is 0. The molecule has 1 fully saturated rings. The van der Waals surface area contributed by atoms with Gasteiger partial charge >= 0.3 is 0 Å². The monoisotopic (exact) mass is 337 g/mol. The minimum Gasteiger partial charge on any atom is -0.454 e. The number of hydrogen-bond donors (Lipinski definition) is 1. The average molecular weight is 337 g/mol. The van der Waals surface area contributed by atoms with Crippen molar-refractivity contribution in [3.05, 3.63) is 42.0 Å². The molecule has 0 radical (unpaired) electrons. The fraction of sp³-hybridized carbons (Fsp3) is 0.389. The minimum absolute atomic E-state index is 0.201. The van der Waals surface area contributed by atoms with Crippen molar-refractivity contribution in [3.63, 3.8) is 0 Å². The molecule has 4 heterocycles. The highest BCUT2D eigenvalue weighted by Gasteiger charge is 2.51. The van der Waals surface area contributed by atoms with E-state index < -0.39 is 5.54 Å². The normalized spacial score (nSPS) is 23.8. The van der Waals surface area contributed by atoms with E-state index in [1.807, 2.05) is 25.4 Å². The van der Waals surface area contributed by atoms with Crippen LogP contribution in [0.3, 0.4) is 0 Å². The second kappa shape index (κ2) is 5.60. The summed E-state index contributed by atoms with van der Waals surface area (Å²) in [5, 5.41) is 4.47. The summed E-state index contributed by atoms with van der Waals surface area (Å²) in [5.74, 6) is 5.88. The Labute approximate surface area is 145 Å². The fourth-order valence-electron chi connectivity index (χ4n) is 3.36. The van der Waals surface area contributed by atoms with Crippen molar-refractivity contribution >= 4 is 6.02 Å². The zero-order valence-electron chi connectivity index (χ0n) is 14.2. The molecule has 1 saturated heterocycles. The van der Waals surface area contributed by atoms with E-state index in [0.717, 1.165) is 16.8 Å². The molecule has 0 bridgehead atoms. The first kappa shape index (κ1) is 15.7. The first-order valence-electron chi connectivity index (χ1n) is 8.07. The highest BCUT2D eigenvalue weighted by atomic mass is 16.6. The molecule has 2 aromatic rings. The maximum Gasteiger partial charge on any atom is 0.283 e. The molecule has 7 heteroatoms. The predicted octanol–water partition coefficient (Wildman–Crippen LogP) is 1.36. The molecular weight excluding hydrogens is 318 g/mol. The van der Waals surface area contributed by atoms with Crippen LogP contribution in [0, 0.1) is 11.8 Å². The van der Waals surface area contributed by atoms with E-state index in [1.54, 1.807) is 24.0 Å². The molecule has 128 valence electrons. The minimum atomic E-state index is -0.501. The van der Waals surface area contributed by atoms with Crippen LogP contribution >= 0.6 is 0 Å². The van der Waals surface area contributed by atoms with Gasteiger partial charge in [0, 0.05) is 29.9 Å². The van der Waals surface area contributed by atoms with Crippen molar-refractivity contribution in [2.45, 2.75) is 31.4 Å². The van der Waals surface area contributed by atoms with Gasteiger partial charge in [0.2, 0.25) is 0 Å². The first-order valence-corrected chi connectivity index (χ1v) is 8.07. The Balaban J connectivity index is 1.67. The summed E-state index contributed by atoms with van der Waals surface area (Å²) in [7, 11) is 0. The molecule has 1 atom stereocenters. The van der Waals surface area contributed by atoms with Crippen molar-refractivity contribution < 1.29 is 9.47 Å². The Morgan fingerprint density at radius 1 is 1.28 bits per heavy atom. The number of aromatic nitrogens is 3. The van der Waals surface area contributed by atoms with E-state index in [2.05, 4.69) is 26.9 Å². The van der Waals surface area contributed by atoms with E-state index in [9.17, 15) is 0 Å². The third-order valence-corrected chi connectivity index (χ3v) is 4.54. The summed E-state index contributed by atoms with van der Waals surface area (Å²) < 4.78 is 12.8. The topological polar surface area (TPSA) is 87.5 Å². The standard InChI is InChI=1S/C18H19N5O2/c1-3-4-13-5-15(8-20-6-13)23-9-14(7-21-23)17(2)10-18(11-24-12-18)25-16(19)22-17/h5-9H,10-12H2,1-2H3,(H2,19,22). The molecule has 0 aliphatic carbocycles. The highest BCUT2D eigenvalue weighted by molar-refractivity contribution is 5.73. The molecule has 7 nitrogen and oxygen atoms in total. The van der Waals surface area contributed by atoms with Gasteiger partial charge in [0.1, 0.15) is 0 Å². The molecule has 1 unspecified atom stereocenters. The SMILES string of the molecule is CC#Cc1cncc(-n2cc(C3(C)CC4(COC4)OC(N)=N3)cn2)c1. The molecule has 0 saturated carbocycles. The van der Waals surface area contributed by atoms with Crippen LogP contribution in [-0.4, -0.2) is 39.6 Å². The average Bonchev–Trinajstić information content (AvgIpc) is 3.04. The molecule has 1 spiro atoms. The molecule has 2 N–H and O–H groups in total. The van der Waals surface area contributed by atoms with Crippen molar-refractivity contribution in [3.8, 4) is 17.5 Å². The van der Waals surface area contributed by atoms with Crippen LogP contribution in [0.4, 0.5) is 0 Å². The van der Waals surface area contributed by atoms with Crippen molar-refractivity contribution in [1.82, 2.24) is 14.8 Å². The largest absolute Gasteiger partial charge is 0.454 e. The maximum atomic E-state index is 5.92. The molecule has 0 amide bonds. The van der Waals surface area contributed by atoms with Crippen LogP contribution in [0.2, 0.25) is 0 Å². The summed E-state index contributed by atoms with van der Waals surface area (Å²) in [6.07, 6.45) is 7.95.